The molecule has 0 N–H and O–H groups in total. The molecule has 0 bridgehead atoms. The molecule has 0 aliphatic heterocycles. The molecule has 3 heteroatoms. The van der Waals surface area contributed by atoms with Crippen molar-refractivity contribution in [3.63, 3.8) is 0 Å². The van der Waals surface area contributed by atoms with Crippen LogP contribution in [0.1, 0.15) is 27.6 Å². The molecule has 0 amide bonds. The van der Waals surface area contributed by atoms with Crippen LogP contribution in [-0.2, 0) is 0 Å². The number of ketones is 1. The summed E-state index contributed by atoms with van der Waals surface area (Å²) in [6, 6.07) is 6.51. The van der Waals surface area contributed by atoms with Crippen LogP contribution in [0, 0.1) is 0 Å². The van der Waals surface area contributed by atoms with Crippen LogP contribution < -0.4 is 0 Å². The van der Waals surface area contributed by atoms with E-state index in [9.17, 15) is 9.59 Å². The number of halogens is 1. The topological polar surface area (TPSA) is 34.1 Å². The van der Waals surface area contributed by atoms with Crippen LogP contribution in [0.3, 0.4) is 0 Å². The van der Waals surface area contributed by atoms with Crippen molar-refractivity contribution in [2.45, 2.75) is 6.92 Å². The first-order valence-corrected chi connectivity index (χ1v) is 4.21. The Labute approximate surface area is 78.7 Å². The fourth-order valence-corrected chi connectivity index (χ4v) is 1.10. The van der Waals surface area contributed by atoms with Gasteiger partial charge in [-0.05, 0) is 35.0 Å². The number of carbonyl (C=O) groups is 2. The first kappa shape index (κ1) is 9.13. The Morgan fingerprint density at radius 3 is 1.83 bits per heavy atom. The summed E-state index contributed by atoms with van der Waals surface area (Å²) in [5.41, 5.74) is 1.17. The van der Waals surface area contributed by atoms with Gasteiger partial charge in [-0.1, -0.05) is 12.1 Å². The van der Waals surface area contributed by atoms with Crippen LogP contribution in [0.2, 0.25) is 0 Å². The highest BCUT2D eigenvalue weighted by Crippen LogP contribution is 2.08. The lowest BCUT2D eigenvalue weighted by Gasteiger charge is -1.95. The molecular formula is C9H7BrO2. The molecule has 2 nitrogen and oxygen atoms in total. The number of rotatable bonds is 2. The number of hydrogen-bond donors (Lipinski definition) is 0. The lowest BCUT2D eigenvalue weighted by atomic mass is 10.1. The summed E-state index contributed by atoms with van der Waals surface area (Å²) in [5.74, 6) is 0.00331. The van der Waals surface area contributed by atoms with E-state index in [0.29, 0.717) is 11.1 Å². The van der Waals surface area contributed by atoms with Crippen LogP contribution in [0.15, 0.2) is 24.3 Å². The maximum absolute atomic E-state index is 10.8. The van der Waals surface area contributed by atoms with Crippen molar-refractivity contribution < 1.29 is 9.59 Å². The maximum atomic E-state index is 10.8. The molecule has 1 rings (SSSR count). The van der Waals surface area contributed by atoms with E-state index in [1.807, 2.05) is 0 Å². The molecule has 0 spiro atoms. The number of carbonyl (C=O) groups excluding carboxylic acids is 2. The minimum Gasteiger partial charge on any atom is -0.295 e. The molecule has 0 aromatic heterocycles. The Morgan fingerprint density at radius 1 is 1.08 bits per heavy atom. The Balaban J connectivity index is 3.01. The SMILES string of the molecule is CC(=O)c1ccc(C(=O)Br)cc1. The van der Waals surface area contributed by atoms with Gasteiger partial charge in [0.2, 0.25) is 4.69 Å². The van der Waals surface area contributed by atoms with Gasteiger partial charge in [0.25, 0.3) is 0 Å². The smallest absolute Gasteiger partial charge is 0.228 e. The highest BCUT2D eigenvalue weighted by atomic mass is 79.9. The van der Waals surface area contributed by atoms with Gasteiger partial charge in [0.15, 0.2) is 5.78 Å². The normalized spacial score (nSPS) is 9.50. The largest absolute Gasteiger partial charge is 0.295 e. The summed E-state index contributed by atoms with van der Waals surface area (Å²) in [6.07, 6.45) is 0. The van der Waals surface area contributed by atoms with E-state index in [4.69, 9.17) is 0 Å². The zero-order chi connectivity index (χ0) is 9.14. The van der Waals surface area contributed by atoms with Crippen molar-refractivity contribution in [3.8, 4) is 0 Å². The molecule has 0 aliphatic rings. The van der Waals surface area contributed by atoms with Crippen molar-refractivity contribution in [3.05, 3.63) is 35.4 Å². The minimum absolute atomic E-state index is 0.00331. The van der Waals surface area contributed by atoms with Crippen LogP contribution in [-0.4, -0.2) is 10.5 Å². The molecule has 0 atom stereocenters. The van der Waals surface area contributed by atoms with E-state index in [-0.39, 0.29) is 10.5 Å². The van der Waals surface area contributed by atoms with Crippen molar-refractivity contribution in [2.24, 2.45) is 0 Å². The number of hydrogen-bond acceptors (Lipinski definition) is 2. The summed E-state index contributed by atoms with van der Waals surface area (Å²) in [4.78, 5) is 21.6. The first-order valence-electron chi connectivity index (χ1n) is 3.42. The summed E-state index contributed by atoms with van der Waals surface area (Å²) in [5, 5.41) is 0. The van der Waals surface area contributed by atoms with E-state index in [1.165, 1.54) is 6.92 Å². The molecule has 0 saturated carbocycles. The number of benzene rings is 1. The average molecular weight is 227 g/mol. The molecule has 62 valence electrons. The summed E-state index contributed by atoms with van der Waals surface area (Å²) in [7, 11) is 0. The molecule has 0 unspecified atom stereocenters. The number of Topliss-reactive ketones (excluding diaryl/α,β-unsaturated/α-hetero) is 1. The molecule has 0 saturated heterocycles. The lowest BCUT2D eigenvalue weighted by molar-refractivity contribution is 0.101. The highest BCUT2D eigenvalue weighted by molar-refractivity contribution is 9.18. The fraction of sp³-hybridized carbons (Fsp3) is 0.111. The van der Waals surface area contributed by atoms with Gasteiger partial charge in [0.05, 0.1) is 0 Å². The molecule has 12 heavy (non-hydrogen) atoms. The predicted molar refractivity (Wildman–Crippen MR) is 49.7 cm³/mol. The zero-order valence-corrected chi connectivity index (χ0v) is 8.09. The zero-order valence-electron chi connectivity index (χ0n) is 6.50. The van der Waals surface area contributed by atoms with Gasteiger partial charge in [-0.25, -0.2) is 0 Å². The second kappa shape index (κ2) is 3.63. The van der Waals surface area contributed by atoms with Gasteiger partial charge in [-0.15, -0.1) is 0 Å². The summed E-state index contributed by atoms with van der Waals surface area (Å²) in [6.45, 7) is 1.49. The van der Waals surface area contributed by atoms with Gasteiger partial charge in [-0.2, -0.15) is 0 Å². The Hall–Kier alpha value is -0.960. The molecule has 0 radical (unpaired) electrons. The summed E-state index contributed by atoms with van der Waals surface area (Å²) >= 11 is 2.82. The Bertz CT molecular complexity index is 281. The van der Waals surface area contributed by atoms with Gasteiger partial charge in [-0.3, -0.25) is 9.59 Å². The molecule has 0 fully saturated rings. The quantitative estimate of drug-likeness (QED) is 0.574. The second-order valence-corrected chi connectivity index (χ2v) is 3.13. The van der Waals surface area contributed by atoms with Gasteiger partial charge in [0, 0.05) is 11.1 Å². The third-order valence-corrected chi connectivity index (χ3v) is 1.98. The fourth-order valence-electron chi connectivity index (χ4n) is 0.836. The molecule has 0 heterocycles. The molecule has 1 aromatic carbocycles. The first-order chi connectivity index (χ1) is 5.61. The molecule has 1 aromatic rings. The lowest BCUT2D eigenvalue weighted by Crippen LogP contribution is -1.93. The van der Waals surface area contributed by atoms with Gasteiger partial charge < -0.3 is 0 Å². The highest BCUT2D eigenvalue weighted by Gasteiger charge is 2.02. The van der Waals surface area contributed by atoms with E-state index >= 15 is 0 Å². The van der Waals surface area contributed by atoms with Gasteiger partial charge in [0.1, 0.15) is 0 Å². The molecule has 0 aliphatic carbocycles. The average Bonchev–Trinajstić information content (AvgIpc) is 2.04. The Morgan fingerprint density at radius 2 is 1.50 bits per heavy atom. The van der Waals surface area contributed by atoms with Crippen molar-refractivity contribution in [2.75, 3.05) is 0 Å². The van der Waals surface area contributed by atoms with E-state index in [2.05, 4.69) is 15.9 Å². The van der Waals surface area contributed by atoms with Crippen LogP contribution in [0.5, 0.6) is 0 Å². The maximum Gasteiger partial charge on any atom is 0.228 e. The van der Waals surface area contributed by atoms with Gasteiger partial charge >= 0.3 is 0 Å². The standard InChI is InChI=1S/C9H7BrO2/c1-6(11)7-2-4-8(5-3-7)9(10)12/h2-5H,1H3. The van der Waals surface area contributed by atoms with E-state index < -0.39 is 0 Å². The summed E-state index contributed by atoms with van der Waals surface area (Å²) < 4.78 is -0.169. The van der Waals surface area contributed by atoms with E-state index in [1.54, 1.807) is 24.3 Å². The second-order valence-electron chi connectivity index (χ2n) is 2.41. The van der Waals surface area contributed by atoms with Crippen LogP contribution in [0.25, 0.3) is 0 Å². The monoisotopic (exact) mass is 226 g/mol. The third kappa shape index (κ3) is 2.01. The van der Waals surface area contributed by atoms with Crippen molar-refractivity contribution >= 4 is 26.4 Å². The molecular weight excluding hydrogens is 220 g/mol. The minimum atomic E-state index is -0.169. The van der Waals surface area contributed by atoms with Crippen LogP contribution >= 0.6 is 15.9 Å². The van der Waals surface area contributed by atoms with E-state index in [0.717, 1.165) is 0 Å². The third-order valence-electron chi connectivity index (χ3n) is 1.52. The predicted octanol–water partition coefficient (Wildman–Crippen LogP) is 2.42. The Kier molecular flexibility index (Phi) is 2.76. The van der Waals surface area contributed by atoms with Crippen molar-refractivity contribution in [1.29, 1.82) is 0 Å². The van der Waals surface area contributed by atoms with Crippen molar-refractivity contribution in [1.82, 2.24) is 0 Å². The van der Waals surface area contributed by atoms with Crippen LogP contribution in [0.4, 0.5) is 0 Å².